The van der Waals surface area contributed by atoms with Crippen molar-refractivity contribution < 1.29 is 8.42 Å². The molecule has 0 amide bonds. The third-order valence-electron chi connectivity index (χ3n) is 1.87. The second-order valence-corrected chi connectivity index (χ2v) is 4.70. The summed E-state index contributed by atoms with van der Waals surface area (Å²) in [6.07, 6.45) is 2.03. The van der Waals surface area contributed by atoms with Crippen LogP contribution in [0.25, 0.3) is 0 Å². The molecule has 5 heteroatoms. The molecule has 1 saturated heterocycles. The Balaban J connectivity index is 2.36. The first-order chi connectivity index (χ1) is 5.08. The summed E-state index contributed by atoms with van der Waals surface area (Å²) in [6.45, 7) is 1.79. The van der Waals surface area contributed by atoms with E-state index in [1.807, 2.05) is 0 Å². The van der Waals surface area contributed by atoms with Gasteiger partial charge in [-0.05, 0) is 31.8 Å². The lowest BCUT2D eigenvalue weighted by atomic mass is 10.0. The minimum absolute atomic E-state index is 0.125. The number of nitrogens with one attached hydrogen (secondary N) is 1. The van der Waals surface area contributed by atoms with Gasteiger partial charge in [-0.1, -0.05) is 0 Å². The van der Waals surface area contributed by atoms with E-state index in [-0.39, 0.29) is 11.7 Å². The lowest BCUT2D eigenvalue weighted by molar-refractivity contribution is 0.404. The molecule has 3 N–H and O–H groups in total. The highest BCUT2D eigenvalue weighted by molar-refractivity contribution is 7.89. The number of rotatable bonds is 2. The van der Waals surface area contributed by atoms with Gasteiger partial charge in [0.2, 0.25) is 10.0 Å². The van der Waals surface area contributed by atoms with Crippen molar-refractivity contribution in [3.63, 3.8) is 0 Å². The molecule has 1 fully saturated rings. The standard InChI is InChI=1S/C6H14N2O2S/c7-11(9,10)5-6-2-1-3-8-4-6/h6,8H,1-5H2,(H2,7,9,10)/t6-/m1/s1. The summed E-state index contributed by atoms with van der Waals surface area (Å²) in [5.41, 5.74) is 0. The first-order valence-electron chi connectivity index (χ1n) is 3.79. The lowest BCUT2D eigenvalue weighted by Crippen LogP contribution is -2.35. The van der Waals surface area contributed by atoms with Gasteiger partial charge in [-0.3, -0.25) is 0 Å². The molecule has 0 aromatic carbocycles. The maximum atomic E-state index is 10.6. The Kier molecular flexibility index (Phi) is 2.86. The monoisotopic (exact) mass is 178 g/mol. The van der Waals surface area contributed by atoms with Gasteiger partial charge in [-0.15, -0.1) is 0 Å². The van der Waals surface area contributed by atoms with E-state index in [4.69, 9.17) is 5.14 Å². The van der Waals surface area contributed by atoms with Crippen LogP contribution >= 0.6 is 0 Å². The zero-order valence-corrected chi connectivity index (χ0v) is 7.23. The second kappa shape index (κ2) is 3.51. The van der Waals surface area contributed by atoms with Gasteiger partial charge in [0.25, 0.3) is 0 Å². The van der Waals surface area contributed by atoms with Crippen molar-refractivity contribution in [2.24, 2.45) is 11.1 Å². The Morgan fingerprint density at radius 3 is 2.73 bits per heavy atom. The van der Waals surface area contributed by atoms with E-state index >= 15 is 0 Å². The molecule has 1 aliphatic heterocycles. The smallest absolute Gasteiger partial charge is 0.209 e. The van der Waals surface area contributed by atoms with Gasteiger partial charge in [0.15, 0.2) is 0 Å². The SMILES string of the molecule is NS(=O)(=O)C[C@@H]1CCCNC1. The van der Waals surface area contributed by atoms with Crippen LogP contribution in [0.5, 0.6) is 0 Å². The van der Waals surface area contributed by atoms with Crippen molar-refractivity contribution >= 4 is 10.0 Å². The van der Waals surface area contributed by atoms with Crippen LogP contribution in [0, 0.1) is 5.92 Å². The molecule has 0 bridgehead atoms. The zero-order valence-electron chi connectivity index (χ0n) is 6.41. The number of piperidine rings is 1. The largest absolute Gasteiger partial charge is 0.316 e. The van der Waals surface area contributed by atoms with Crippen molar-refractivity contribution in [3.8, 4) is 0 Å². The molecule has 0 saturated carbocycles. The van der Waals surface area contributed by atoms with Gasteiger partial charge in [0.1, 0.15) is 0 Å². The van der Waals surface area contributed by atoms with Crippen LogP contribution in [0.3, 0.4) is 0 Å². The van der Waals surface area contributed by atoms with Crippen molar-refractivity contribution in [1.29, 1.82) is 0 Å². The quantitative estimate of drug-likeness (QED) is 0.586. The predicted molar refractivity (Wildman–Crippen MR) is 43.6 cm³/mol. The average Bonchev–Trinajstić information content (AvgIpc) is 1.85. The average molecular weight is 178 g/mol. The van der Waals surface area contributed by atoms with E-state index in [9.17, 15) is 8.42 Å². The number of primary sulfonamides is 1. The van der Waals surface area contributed by atoms with Crippen LogP contribution in [-0.4, -0.2) is 27.3 Å². The van der Waals surface area contributed by atoms with E-state index in [0.717, 1.165) is 25.9 Å². The van der Waals surface area contributed by atoms with Crippen LogP contribution < -0.4 is 10.5 Å². The summed E-state index contributed by atoms with van der Waals surface area (Å²) >= 11 is 0. The molecular formula is C6H14N2O2S. The van der Waals surface area contributed by atoms with Crippen molar-refractivity contribution in [2.45, 2.75) is 12.8 Å². The van der Waals surface area contributed by atoms with Crippen LogP contribution in [-0.2, 0) is 10.0 Å². The summed E-state index contributed by atoms with van der Waals surface area (Å²) in [5, 5.41) is 8.05. The molecule has 1 aliphatic rings. The van der Waals surface area contributed by atoms with Crippen molar-refractivity contribution in [3.05, 3.63) is 0 Å². The molecular weight excluding hydrogens is 164 g/mol. The molecule has 4 nitrogen and oxygen atoms in total. The predicted octanol–water partition coefficient (Wildman–Crippen LogP) is -0.725. The normalized spacial score (nSPS) is 26.8. The lowest BCUT2D eigenvalue weighted by Gasteiger charge is -2.21. The summed E-state index contributed by atoms with van der Waals surface area (Å²) in [4.78, 5) is 0. The van der Waals surface area contributed by atoms with Gasteiger partial charge in [-0.2, -0.15) is 0 Å². The van der Waals surface area contributed by atoms with Gasteiger partial charge in [-0.25, -0.2) is 13.6 Å². The highest BCUT2D eigenvalue weighted by Crippen LogP contribution is 2.10. The van der Waals surface area contributed by atoms with Crippen LogP contribution in [0.15, 0.2) is 0 Å². The van der Waals surface area contributed by atoms with Gasteiger partial charge in [0, 0.05) is 0 Å². The molecule has 0 aromatic rings. The fourth-order valence-electron chi connectivity index (χ4n) is 1.39. The number of hydrogen-bond donors (Lipinski definition) is 2. The maximum Gasteiger partial charge on any atom is 0.209 e. The minimum Gasteiger partial charge on any atom is -0.316 e. The van der Waals surface area contributed by atoms with Gasteiger partial charge in [0.05, 0.1) is 5.75 Å². The molecule has 66 valence electrons. The summed E-state index contributed by atoms with van der Waals surface area (Å²) in [6, 6.07) is 0. The molecule has 11 heavy (non-hydrogen) atoms. The highest BCUT2D eigenvalue weighted by Gasteiger charge is 2.17. The van der Waals surface area contributed by atoms with Crippen LogP contribution in [0.4, 0.5) is 0 Å². The molecule has 0 aliphatic carbocycles. The fourth-order valence-corrected chi connectivity index (χ4v) is 2.34. The first kappa shape index (κ1) is 8.96. The number of nitrogens with two attached hydrogens (primary N) is 1. The Labute approximate surface area is 67.2 Å². The van der Waals surface area contributed by atoms with Crippen molar-refractivity contribution in [2.75, 3.05) is 18.8 Å². The molecule has 0 unspecified atom stereocenters. The Bertz CT molecular complexity index is 207. The summed E-state index contributed by atoms with van der Waals surface area (Å²) in [5.74, 6) is 0.346. The van der Waals surface area contributed by atoms with E-state index in [1.165, 1.54) is 0 Å². The van der Waals surface area contributed by atoms with Gasteiger partial charge < -0.3 is 5.32 Å². The molecule has 1 rings (SSSR count). The first-order valence-corrected chi connectivity index (χ1v) is 5.50. The number of hydrogen-bond acceptors (Lipinski definition) is 3. The van der Waals surface area contributed by atoms with E-state index in [2.05, 4.69) is 5.32 Å². The number of sulfonamides is 1. The third-order valence-corrected chi connectivity index (χ3v) is 2.80. The van der Waals surface area contributed by atoms with Crippen molar-refractivity contribution in [1.82, 2.24) is 5.32 Å². The molecule has 0 radical (unpaired) electrons. The molecule has 1 heterocycles. The summed E-state index contributed by atoms with van der Waals surface area (Å²) < 4.78 is 21.3. The zero-order chi connectivity index (χ0) is 8.32. The Hall–Kier alpha value is -0.130. The van der Waals surface area contributed by atoms with Crippen LogP contribution in [0.1, 0.15) is 12.8 Å². The molecule has 1 atom stereocenters. The Morgan fingerprint density at radius 2 is 2.27 bits per heavy atom. The van der Waals surface area contributed by atoms with Gasteiger partial charge >= 0.3 is 0 Å². The summed E-state index contributed by atoms with van der Waals surface area (Å²) in [7, 11) is -3.26. The third kappa shape index (κ3) is 3.69. The Morgan fingerprint density at radius 1 is 1.55 bits per heavy atom. The second-order valence-electron chi connectivity index (χ2n) is 3.04. The highest BCUT2D eigenvalue weighted by atomic mass is 32.2. The van der Waals surface area contributed by atoms with E-state index < -0.39 is 10.0 Å². The van der Waals surface area contributed by atoms with E-state index in [1.54, 1.807) is 0 Å². The maximum absolute atomic E-state index is 10.6. The molecule has 0 aromatic heterocycles. The van der Waals surface area contributed by atoms with E-state index in [0.29, 0.717) is 0 Å². The topological polar surface area (TPSA) is 72.2 Å². The fraction of sp³-hybridized carbons (Fsp3) is 1.00. The van der Waals surface area contributed by atoms with Crippen LogP contribution in [0.2, 0.25) is 0 Å². The minimum atomic E-state index is -3.26. The molecule has 0 spiro atoms.